The molecule has 3 aromatic rings. The van der Waals surface area contributed by atoms with Gasteiger partial charge in [-0.2, -0.15) is 0 Å². The van der Waals surface area contributed by atoms with Crippen LogP contribution < -0.4 is 11.1 Å². The van der Waals surface area contributed by atoms with Crippen molar-refractivity contribution in [3.63, 3.8) is 0 Å². The number of amides is 2. The zero-order chi connectivity index (χ0) is 19.9. The summed E-state index contributed by atoms with van der Waals surface area (Å²) in [6.07, 6.45) is 0.208. The molecule has 2 amide bonds. The fourth-order valence-corrected chi connectivity index (χ4v) is 2.78. The van der Waals surface area contributed by atoms with E-state index in [0.29, 0.717) is 11.3 Å². The van der Waals surface area contributed by atoms with Crippen LogP contribution in [-0.4, -0.2) is 17.9 Å². The summed E-state index contributed by atoms with van der Waals surface area (Å²) in [5.74, 6) is -1.10. The Bertz CT molecular complexity index is 968. The second-order valence-electron chi connectivity index (χ2n) is 6.33. The number of rotatable bonds is 6. The van der Waals surface area contributed by atoms with E-state index in [2.05, 4.69) is 10.5 Å². The van der Waals surface area contributed by atoms with Crippen molar-refractivity contribution < 1.29 is 9.59 Å². The Kier molecular flexibility index (Phi) is 6.04. The first kappa shape index (κ1) is 19.1. The van der Waals surface area contributed by atoms with Crippen molar-refractivity contribution in [2.75, 3.05) is 5.32 Å². The summed E-state index contributed by atoms with van der Waals surface area (Å²) < 4.78 is 0. The first-order valence-electron chi connectivity index (χ1n) is 8.75. The van der Waals surface area contributed by atoms with Gasteiger partial charge >= 0.3 is 5.91 Å². The van der Waals surface area contributed by atoms with Crippen molar-refractivity contribution in [2.45, 2.75) is 12.5 Å². The number of nitrogens with zero attached hydrogens (tertiary/aromatic N) is 1. The fourth-order valence-electron chi connectivity index (χ4n) is 2.78. The Morgan fingerprint density at radius 2 is 1.46 bits per heavy atom. The van der Waals surface area contributed by atoms with E-state index in [9.17, 15) is 14.5 Å². The molecule has 0 aromatic heterocycles. The molecule has 0 unspecified atom stereocenters. The quantitative estimate of drug-likeness (QED) is 0.642. The summed E-state index contributed by atoms with van der Waals surface area (Å²) in [7, 11) is 0. The molecule has 0 radical (unpaired) electrons. The molecule has 0 saturated carbocycles. The summed E-state index contributed by atoms with van der Waals surface area (Å²) in [5.41, 5.74) is 9.67. The molecule has 0 aliphatic carbocycles. The molecule has 0 aliphatic rings. The van der Waals surface area contributed by atoms with Gasteiger partial charge in [-0.15, -0.1) is 4.91 Å². The lowest BCUT2D eigenvalue weighted by molar-refractivity contribution is -0.119. The van der Waals surface area contributed by atoms with Crippen molar-refractivity contribution in [3.05, 3.63) is 94.9 Å². The van der Waals surface area contributed by atoms with Crippen LogP contribution in [-0.2, 0) is 11.2 Å². The highest BCUT2D eigenvalue weighted by Crippen LogP contribution is 2.20. The van der Waals surface area contributed by atoms with E-state index in [-0.39, 0.29) is 12.3 Å². The number of benzene rings is 3. The molecular formula is C22H19N3O3. The summed E-state index contributed by atoms with van der Waals surface area (Å²) in [6.45, 7) is 0. The lowest BCUT2D eigenvalue weighted by atomic mass is 10.0. The molecule has 6 heteroatoms. The summed E-state index contributed by atoms with van der Waals surface area (Å²) >= 11 is 0. The third kappa shape index (κ3) is 4.75. The Hall–Kier alpha value is -3.64. The van der Waals surface area contributed by atoms with Gasteiger partial charge in [-0.1, -0.05) is 54.6 Å². The summed E-state index contributed by atoms with van der Waals surface area (Å²) in [5, 5.41) is 5.16. The molecule has 3 aromatic carbocycles. The summed E-state index contributed by atoms with van der Waals surface area (Å²) in [4.78, 5) is 33.8. The predicted octanol–water partition coefficient (Wildman–Crippen LogP) is 3.77. The van der Waals surface area contributed by atoms with E-state index < -0.39 is 11.9 Å². The predicted molar refractivity (Wildman–Crippen MR) is 109 cm³/mol. The van der Waals surface area contributed by atoms with Crippen LogP contribution >= 0.6 is 0 Å². The van der Waals surface area contributed by atoms with Crippen molar-refractivity contribution in [1.29, 1.82) is 0 Å². The molecule has 0 saturated heterocycles. The molecule has 0 bridgehead atoms. The van der Waals surface area contributed by atoms with E-state index in [1.165, 1.54) is 0 Å². The van der Waals surface area contributed by atoms with Crippen molar-refractivity contribution in [1.82, 2.24) is 0 Å². The average molecular weight is 373 g/mol. The third-order valence-electron chi connectivity index (χ3n) is 4.33. The smallest absolute Gasteiger partial charge is 0.303 e. The monoisotopic (exact) mass is 373 g/mol. The highest BCUT2D eigenvalue weighted by molar-refractivity contribution is 6.04. The lowest BCUT2D eigenvalue weighted by Gasteiger charge is -2.09. The van der Waals surface area contributed by atoms with Crippen LogP contribution in [0.2, 0.25) is 0 Å². The van der Waals surface area contributed by atoms with Gasteiger partial charge < -0.3 is 11.1 Å². The first-order chi connectivity index (χ1) is 13.6. The molecule has 6 nitrogen and oxygen atoms in total. The zero-order valence-electron chi connectivity index (χ0n) is 15.0. The molecule has 0 fully saturated rings. The van der Waals surface area contributed by atoms with E-state index in [1.807, 2.05) is 42.5 Å². The van der Waals surface area contributed by atoms with E-state index in [4.69, 9.17) is 5.73 Å². The summed E-state index contributed by atoms with van der Waals surface area (Å²) in [6, 6.07) is 23.3. The van der Waals surface area contributed by atoms with Gasteiger partial charge in [0.2, 0.25) is 0 Å². The van der Waals surface area contributed by atoms with E-state index >= 15 is 0 Å². The van der Waals surface area contributed by atoms with Crippen LogP contribution in [0.25, 0.3) is 11.1 Å². The minimum absolute atomic E-state index is 0.208. The van der Waals surface area contributed by atoms with Crippen LogP contribution in [0.4, 0.5) is 5.69 Å². The molecule has 28 heavy (non-hydrogen) atoms. The van der Waals surface area contributed by atoms with Gasteiger partial charge in [0, 0.05) is 16.4 Å². The number of carbonyl (C=O) groups is 2. The fraction of sp³-hybridized carbons (Fsp3) is 0.0909. The van der Waals surface area contributed by atoms with Gasteiger partial charge in [0.05, 0.1) is 6.04 Å². The molecule has 1 atom stereocenters. The third-order valence-corrected chi connectivity index (χ3v) is 4.33. The number of nitrogens with two attached hydrogens (primary N) is 1. The van der Waals surface area contributed by atoms with Crippen molar-refractivity contribution in [2.24, 2.45) is 10.9 Å². The highest BCUT2D eigenvalue weighted by Gasteiger charge is 2.14. The van der Waals surface area contributed by atoms with Gasteiger partial charge in [-0.25, -0.2) is 0 Å². The molecular weight excluding hydrogens is 354 g/mol. The number of anilines is 1. The Morgan fingerprint density at radius 1 is 0.857 bits per heavy atom. The maximum Gasteiger partial charge on any atom is 0.303 e. The molecule has 0 heterocycles. The van der Waals surface area contributed by atoms with Crippen LogP contribution in [0.1, 0.15) is 15.9 Å². The van der Waals surface area contributed by atoms with E-state index in [1.54, 1.807) is 36.4 Å². The number of carbonyl (C=O) groups excluding carboxylic acids is 2. The molecule has 0 spiro atoms. The van der Waals surface area contributed by atoms with Crippen LogP contribution in [0.3, 0.4) is 0 Å². The molecule has 140 valence electrons. The highest BCUT2D eigenvalue weighted by atomic mass is 16.3. The molecule has 0 aliphatic heterocycles. The lowest BCUT2D eigenvalue weighted by Crippen LogP contribution is -2.31. The second-order valence-corrected chi connectivity index (χ2v) is 6.33. The van der Waals surface area contributed by atoms with Crippen LogP contribution in [0.15, 0.2) is 84.0 Å². The Balaban J connectivity index is 1.63. The topological polar surface area (TPSA) is 102 Å². The maximum absolute atomic E-state index is 12.4. The SMILES string of the molecule is N[C@@H](Cc1ccc(NC(=O)c2ccc(-c3ccccc3)cc2)cc1)C(=O)N=O. The minimum atomic E-state index is -0.957. The standard InChI is InChI=1S/C22H19N3O3/c23-20(22(27)25-28)14-15-6-12-19(13-7-15)24-21(26)18-10-8-17(9-11-18)16-4-2-1-3-5-16/h1-13,20H,14,23H2,(H,24,26)/t20-/m0/s1. The van der Waals surface area contributed by atoms with Crippen LogP contribution in [0, 0.1) is 4.91 Å². The normalized spacial score (nSPS) is 11.5. The number of nitrogens with one attached hydrogen (secondary N) is 1. The van der Waals surface area contributed by atoms with E-state index in [0.717, 1.165) is 16.7 Å². The molecule has 3 N–H and O–H groups in total. The van der Waals surface area contributed by atoms with Gasteiger partial charge in [0.1, 0.15) is 0 Å². The second kappa shape index (κ2) is 8.83. The number of hydrogen-bond donors (Lipinski definition) is 2. The van der Waals surface area contributed by atoms with Gasteiger partial charge in [0.25, 0.3) is 5.91 Å². The van der Waals surface area contributed by atoms with Gasteiger partial charge in [-0.05, 0) is 47.4 Å². The largest absolute Gasteiger partial charge is 0.322 e. The van der Waals surface area contributed by atoms with Crippen molar-refractivity contribution in [3.8, 4) is 11.1 Å². The van der Waals surface area contributed by atoms with Crippen LogP contribution in [0.5, 0.6) is 0 Å². The number of nitroso groups, excluding NO2 is 1. The maximum atomic E-state index is 12.4. The Morgan fingerprint density at radius 3 is 2.07 bits per heavy atom. The van der Waals surface area contributed by atoms with Gasteiger partial charge in [0.15, 0.2) is 0 Å². The first-order valence-corrected chi connectivity index (χ1v) is 8.75. The Labute approximate surface area is 162 Å². The average Bonchev–Trinajstić information content (AvgIpc) is 2.75. The minimum Gasteiger partial charge on any atom is -0.322 e. The zero-order valence-corrected chi connectivity index (χ0v) is 15.0. The molecule has 3 rings (SSSR count). The van der Waals surface area contributed by atoms with Crippen molar-refractivity contribution >= 4 is 17.5 Å². The number of hydrogen-bond acceptors (Lipinski definition) is 4. The van der Waals surface area contributed by atoms with Gasteiger partial charge in [-0.3, -0.25) is 9.59 Å².